The van der Waals surface area contributed by atoms with Crippen molar-refractivity contribution in [2.45, 2.75) is 11.3 Å². The van der Waals surface area contributed by atoms with Gasteiger partial charge >= 0.3 is 0 Å². The zero-order chi connectivity index (χ0) is 17.6. The van der Waals surface area contributed by atoms with E-state index in [1.54, 1.807) is 12.5 Å². The predicted octanol–water partition coefficient (Wildman–Crippen LogP) is -0.854. The second kappa shape index (κ2) is 7.70. The number of hydrogen-bond donors (Lipinski definition) is 4. The van der Waals surface area contributed by atoms with Gasteiger partial charge in [-0.25, -0.2) is 18.5 Å². The third-order valence-corrected chi connectivity index (χ3v) is 4.06. The number of amides is 2. The van der Waals surface area contributed by atoms with Crippen LogP contribution >= 0.6 is 0 Å². The topological polar surface area (TPSA) is 147 Å². The molecule has 2 amide bonds. The maximum Gasteiger partial charge on any atom is 0.251 e. The number of primary sulfonamides is 1. The molecule has 5 N–H and O–H groups in total. The lowest BCUT2D eigenvalue weighted by atomic mass is 10.2. The number of rotatable bonds is 7. The molecule has 0 atom stereocenters. The molecule has 0 fully saturated rings. The summed E-state index contributed by atoms with van der Waals surface area (Å²) >= 11 is 0. The minimum Gasteiger partial charge on any atom is -0.354 e. The quantitative estimate of drug-likeness (QED) is 0.513. The molecular formula is C14H17N5O4S. The number of H-pyrrole nitrogens is 1. The van der Waals surface area contributed by atoms with E-state index < -0.39 is 15.9 Å². The second-order valence-corrected chi connectivity index (χ2v) is 6.49. The van der Waals surface area contributed by atoms with E-state index >= 15 is 0 Å². The Hall–Kier alpha value is -2.72. The van der Waals surface area contributed by atoms with Crippen molar-refractivity contribution in [3.05, 3.63) is 48.0 Å². The minimum absolute atomic E-state index is 0.0874. The summed E-state index contributed by atoms with van der Waals surface area (Å²) in [6.45, 7) is 0.235. The van der Waals surface area contributed by atoms with E-state index in [4.69, 9.17) is 5.14 Å². The van der Waals surface area contributed by atoms with Crippen molar-refractivity contribution in [1.29, 1.82) is 0 Å². The maximum atomic E-state index is 11.9. The molecule has 0 aliphatic heterocycles. The molecule has 1 heterocycles. The molecule has 0 aliphatic rings. The van der Waals surface area contributed by atoms with Crippen LogP contribution < -0.4 is 15.8 Å². The van der Waals surface area contributed by atoms with Crippen LogP contribution in [0.3, 0.4) is 0 Å². The van der Waals surface area contributed by atoms with E-state index in [1.165, 1.54) is 24.3 Å². The highest BCUT2D eigenvalue weighted by Gasteiger charge is 2.11. The van der Waals surface area contributed by atoms with Crippen molar-refractivity contribution < 1.29 is 18.0 Å². The number of imidazole rings is 1. The number of carbonyl (C=O) groups excluding carboxylic acids is 2. The molecule has 0 spiro atoms. The fourth-order valence-corrected chi connectivity index (χ4v) is 2.39. The van der Waals surface area contributed by atoms with E-state index in [0.717, 1.165) is 5.69 Å². The zero-order valence-electron chi connectivity index (χ0n) is 12.7. The van der Waals surface area contributed by atoms with Gasteiger partial charge < -0.3 is 15.6 Å². The maximum absolute atomic E-state index is 11.9. The number of hydrogen-bond acceptors (Lipinski definition) is 5. The van der Waals surface area contributed by atoms with Crippen LogP contribution in [0, 0.1) is 0 Å². The third kappa shape index (κ3) is 5.18. The zero-order valence-corrected chi connectivity index (χ0v) is 13.5. The Bertz CT molecular complexity index is 800. The van der Waals surface area contributed by atoms with Crippen LogP contribution in [0.2, 0.25) is 0 Å². The van der Waals surface area contributed by atoms with E-state index in [0.29, 0.717) is 13.0 Å². The first-order valence-electron chi connectivity index (χ1n) is 7.01. The van der Waals surface area contributed by atoms with Crippen LogP contribution in [0.5, 0.6) is 0 Å². The van der Waals surface area contributed by atoms with Gasteiger partial charge in [0.2, 0.25) is 15.9 Å². The summed E-state index contributed by atoms with van der Waals surface area (Å²) in [5.41, 5.74) is 1.13. The highest BCUT2D eigenvalue weighted by Crippen LogP contribution is 2.08. The van der Waals surface area contributed by atoms with Crippen molar-refractivity contribution in [2.75, 3.05) is 13.1 Å². The number of carbonyl (C=O) groups is 2. The number of nitrogens with zero attached hydrogens (tertiary/aromatic N) is 1. The normalized spacial score (nSPS) is 11.0. The van der Waals surface area contributed by atoms with Crippen LogP contribution in [-0.2, 0) is 21.2 Å². The van der Waals surface area contributed by atoms with Crippen LogP contribution in [0.25, 0.3) is 0 Å². The van der Waals surface area contributed by atoms with Crippen molar-refractivity contribution in [3.8, 4) is 0 Å². The Morgan fingerprint density at radius 3 is 2.46 bits per heavy atom. The van der Waals surface area contributed by atoms with Gasteiger partial charge in [0.15, 0.2) is 0 Å². The van der Waals surface area contributed by atoms with Crippen molar-refractivity contribution in [3.63, 3.8) is 0 Å². The molecule has 24 heavy (non-hydrogen) atoms. The van der Waals surface area contributed by atoms with Gasteiger partial charge in [-0.3, -0.25) is 9.59 Å². The number of nitrogens with one attached hydrogen (secondary N) is 3. The number of nitrogens with two attached hydrogens (primary N) is 1. The second-order valence-electron chi connectivity index (χ2n) is 4.93. The SMILES string of the molecule is NS(=O)(=O)c1ccc(C(=O)NCC(=O)NCCc2cnc[nH]2)cc1. The Balaban J connectivity index is 1.76. The molecule has 0 unspecified atom stereocenters. The highest BCUT2D eigenvalue weighted by atomic mass is 32.2. The van der Waals surface area contributed by atoms with Crippen LogP contribution in [-0.4, -0.2) is 43.3 Å². The molecule has 1 aromatic heterocycles. The Morgan fingerprint density at radius 1 is 1.17 bits per heavy atom. The Labute approximate surface area is 138 Å². The summed E-state index contributed by atoms with van der Waals surface area (Å²) in [4.78, 5) is 30.2. The van der Waals surface area contributed by atoms with Gasteiger partial charge in [-0.05, 0) is 24.3 Å². The lowest BCUT2D eigenvalue weighted by Crippen LogP contribution is -2.37. The molecule has 2 rings (SSSR count). The van der Waals surface area contributed by atoms with Crippen molar-refractivity contribution in [1.82, 2.24) is 20.6 Å². The molecule has 2 aromatic rings. The van der Waals surface area contributed by atoms with Gasteiger partial charge in [0.25, 0.3) is 5.91 Å². The molecule has 0 bridgehead atoms. The average molecular weight is 351 g/mol. The number of aromatic nitrogens is 2. The van der Waals surface area contributed by atoms with Crippen LogP contribution in [0.4, 0.5) is 0 Å². The summed E-state index contributed by atoms with van der Waals surface area (Å²) in [6, 6.07) is 5.11. The van der Waals surface area contributed by atoms with Gasteiger partial charge in [-0.1, -0.05) is 0 Å². The highest BCUT2D eigenvalue weighted by molar-refractivity contribution is 7.89. The summed E-state index contributed by atoms with van der Waals surface area (Å²) in [6.07, 6.45) is 3.83. The van der Waals surface area contributed by atoms with Gasteiger partial charge in [-0.15, -0.1) is 0 Å². The fraction of sp³-hybridized carbons (Fsp3) is 0.214. The van der Waals surface area contributed by atoms with Crippen LogP contribution in [0.1, 0.15) is 16.1 Å². The first-order chi connectivity index (χ1) is 11.4. The third-order valence-electron chi connectivity index (χ3n) is 3.13. The standard InChI is InChI=1S/C14H17N5O4S/c15-24(22,23)12-3-1-10(2-4-12)14(21)18-8-13(20)17-6-5-11-7-16-9-19-11/h1-4,7,9H,5-6,8H2,(H,16,19)(H,17,20)(H,18,21)(H2,15,22,23). The average Bonchev–Trinajstić information content (AvgIpc) is 3.05. The molecule has 0 radical (unpaired) electrons. The van der Waals surface area contributed by atoms with E-state index in [2.05, 4.69) is 20.6 Å². The van der Waals surface area contributed by atoms with Crippen LogP contribution in [0.15, 0.2) is 41.7 Å². The first kappa shape index (κ1) is 17.6. The fourth-order valence-electron chi connectivity index (χ4n) is 1.88. The lowest BCUT2D eigenvalue weighted by Gasteiger charge is -2.07. The Kier molecular flexibility index (Phi) is 5.66. The molecule has 0 saturated carbocycles. The summed E-state index contributed by atoms with van der Waals surface area (Å²) in [5.74, 6) is -0.816. The van der Waals surface area contributed by atoms with Crippen molar-refractivity contribution >= 4 is 21.8 Å². The minimum atomic E-state index is -3.80. The molecule has 0 aliphatic carbocycles. The number of benzene rings is 1. The monoisotopic (exact) mass is 351 g/mol. The number of sulfonamides is 1. The van der Waals surface area contributed by atoms with Crippen molar-refractivity contribution in [2.24, 2.45) is 5.14 Å². The van der Waals surface area contributed by atoms with E-state index in [9.17, 15) is 18.0 Å². The van der Waals surface area contributed by atoms with Gasteiger partial charge in [-0.2, -0.15) is 0 Å². The summed E-state index contributed by atoms with van der Waals surface area (Å²) < 4.78 is 22.3. The van der Waals surface area contributed by atoms with Gasteiger partial charge in [0.1, 0.15) is 0 Å². The Morgan fingerprint density at radius 2 is 1.88 bits per heavy atom. The molecule has 1 aromatic carbocycles. The van der Waals surface area contributed by atoms with Gasteiger partial charge in [0.05, 0.1) is 17.8 Å². The predicted molar refractivity (Wildman–Crippen MR) is 85.4 cm³/mol. The molecule has 10 heteroatoms. The van der Waals surface area contributed by atoms with E-state index in [1.807, 2.05) is 0 Å². The molecule has 128 valence electrons. The van der Waals surface area contributed by atoms with E-state index in [-0.39, 0.29) is 22.9 Å². The molecular weight excluding hydrogens is 334 g/mol. The summed E-state index contributed by atoms with van der Waals surface area (Å²) in [5, 5.41) is 10.1. The first-order valence-corrected chi connectivity index (χ1v) is 8.56. The largest absolute Gasteiger partial charge is 0.354 e. The number of aromatic amines is 1. The molecule has 0 saturated heterocycles. The summed E-state index contributed by atoms with van der Waals surface area (Å²) in [7, 11) is -3.80. The lowest BCUT2D eigenvalue weighted by molar-refractivity contribution is -0.120. The molecule has 9 nitrogen and oxygen atoms in total. The smallest absolute Gasteiger partial charge is 0.251 e. The van der Waals surface area contributed by atoms with Gasteiger partial charge in [0, 0.05) is 30.4 Å².